The molecule has 0 saturated carbocycles. The average molecular weight is 510 g/mol. The van der Waals surface area contributed by atoms with Crippen molar-refractivity contribution < 1.29 is 21.6 Å². The first-order valence-electron chi connectivity index (χ1n) is 7.03. The molecule has 0 fully saturated rings. The van der Waals surface area contributed by atoms with Crippen LogP contribution in [0.3, 0.4) is 0 Å². The summed E-state index contributed by atoms with van der Waals surface area (Å²) in [4.78, 5) is -0.0152. The van der Waals surface area contributed by atoms with Gasteiger partial charge in [0.05, 0.1) is 16.3 Å². The number of hydrogen-bond acceptors (Lipinski definition) is 4. The highest BCUT2D eigenvalue weighted by Gasteiger charge is 2.21. The quantitative estimate of drug-likeness (QED) is 0.458. The van der Waals surface area contributed by atoms with Crippen molar-refractivity contribution in [2.24, 2.45) is 0 Å². The lowest BCUT2D eigenvalue weighted by atomic mass is 10.2. The molecular weight excluding hydrogens is 500 g/mol. The summed E-state index contributed by atoms with van der Waals surface area (Å²) in [5, 5.41) is 5.39. The third kappa shape index (κ3) is 3.96. The molecule has 1 aromatic heterocycles. The number of anilines is 3. The number of thiophene rings is 1. The van der Waals surface area contributed by atoms with E-state index in [1.54, 1.807) is 11.4 Å². The van der Waals surface area contributed by atoms with Gasteiger partial charge in [-0.05, 0) is 64.4 Å². The second-order valence-corrected chi connectivity index (χ2v) is 8.81. The molecular formula is C16H10F3IN2O2S2. The molecule has 2 aromatic carbocycles. The maximum atomic E-state index is 14.3. The third-order valence-electron chi connectivity index (χ3n) is 3.34. The Kier molecular flexibility index (Phi) is 5.44. The number of nitrogens with one attached hydrogen (secondary N) is 2. The predicted octanol–water partition coefficient (Wildman–Crippen LogP) is 5.31. The van der Waals surface area contributed by atoms with E-state index in [1.807, 2.05) is 22.6 Å². The molecule has 0 atom stereocenters. The maximum absolute atomic E-state index is 14.3. The van der Waals surface area contributed by atoms with Gasteiger partial charge in [-0.25, -0.2) is 21.6 Å². The average Bonchev–Trinajstić information content (AvgIpc) is 3.11. The first kappa shape index (κ1) is 19.0. The van der Waals surface area contributed by atoms with Crippen LogP contribution < -0.4 is 10.0 Å². The van der Waals surface area contributed by atoms with E-state index in [0.29, 0.717) is 3.57 Å². The molecule has 2 N–H and O–H groups in total. The molecule has 0 bridgehead atoms. The van der Waals surface area contributed by atoms with Crippen molar-refractivity contribution >= 4 is 61.0 Å². The van der Waals surface area contributed by atoms with Crippen molar-refractivity contribution in [2.75, 3.05) is 10.0 Å². The van der Waals surface area contributed by atoms with Crippen molar-refractivity contribution in [3.8, 4) is 0 Å². The van der Waals surface area contributed by atoms with Gasteiger partial charge in [0.1, 0.15) is 11.5 Å². The van der Waals surface area contributed by atoms with Crippen LogP contribution in [0.15, 0.2) is 52.1 Å². The van der Waals surface area contributed by atoms with Crippen LogP contribution in [0.2, 0.25) is 0 Å². The van der Waals surface area contributed by atoms with Gasteiger partial charge in [0.15, 0.2) is 11.6 Å². The van der Waals surface area contributed by atoms with Crippen LogP contribution in [0, 0.1) is 21.0 Å². The molecule has 0 aliphatic carbocycles. The molecule has 0 amide bonds. The van der Waals surface area contributed by atoms with Crippen LogP contribution in [-0.2, 0) is 10.0 Å². The molecule has 0 aliphatic rings. The van der Waals surface area contributed by atoms with Crippen LogP contribution in [0.5, 0.6) is 0 Å². The predicted molar refractivity (Wildman–Crippen MR) is 104 cm³/mol. The first-order valence-corrected chi connectivity index (χ1v) is 10.5. The van der Waals surface area contributed by atoms with Gasteiger partial charge in [-0.15, -0.1) is 0 Å². The molecule has 3 rings (SSSR count). The molecule has 0 aliphatic heterocycles. The summed E-state index contributed by atoms with van der Waals surface area (Å²) in [5.74, 6) is -3.21. The summed E-state index contributed by atoms with van der Waals surface area (Å²) in [5.41, 5.74) is -0.872. The Labute approximate surface area is 165 Å². The van der Waals surface area contributed by atoms with Crippen molar-refractivity contribution in [3.63, 3.8) is 0 Å². The van der Waals surface area contributed by atoms with Crippen LogP contribution in [0.25, 0.3) is 0 Å². The topological polar surface area (TPSA) is 58.2 Å². The van der Waals surface area contributed by atoms with E-state index in [9.17, 15) is 21.6 Å². The van der Waals surface area contributed by atoms with Gasteiger partial charge in [-0.2, -0.15) is 11.3 Å². The highest BCUT2D eigenvalue weighted by Crippen LogP contribution is 2.33. The fourth-order valence-electron chi connectivity index (χ4n) is 2.09. The van der Waals surface area contributed by atoms with Crippen molar-refractivity contribution in [2.45, 2.75) is 4.90 Å². The number of benzene rings is 2. The Morgan fingerprint density at radius 3 is 2.35 bits per heavy atom. The molecule has 0 radical (unpaired) electrons. The molecule has 3 aromatic rings. The van der Waals surface area contributed by atoms with Crippen molar-refractivity contribution in [3.05, 3.63) is 68.2 Å². The standard InChI is InChI=1S/C16H10F3IN2O2S2/c17-11-2-4-14(22-26(23,24)10-5-6-25-8-10)16(15(11)19)21-13-3-1-9(20)7-12(13)18/h1-8,21-22H. The Morgan fingerprint density at radius 1 is 0.962 bits per heavy atom. The number of hydrogen-bond donors (Lipinski definition) is 2. The minimum Gasteiger partial charge on any atom is -0.349 e. The van der Waals surface area contributed by atoms with E-state index in [-0.39, 0.29) is 16.3 Å². The van der Waals surface area contributed by atoms with Gasteiger partial charge in [0, 0.05) is 8.95 Å². The first-order chi connectivity index (χ1) is 12.3. The number of sulfonamides is 1. The van der Waals surface area contributed by atoms with E-state index in [0.717, 1.165) is 12.1 Å². The highest BCUT2D eigenvalue weighted by atomic mass is 127. The lowest BCUT2D eigenvalue weighted by molar-refractivity contribution is 0.512. The molecule has 10 heteroatoms. The Balaban J connectivity index is 2.03. The molecule has 0 spiro atoms. The largest absolute Gasteiger partial charge is 0.349 e. The summed E-state index contributed by atoms with van der Waals surface area (Å²) in [6, 6.07) is 7.34. The van der Waals surface area contributed by atoms with Gasteiger partial charge in [0.2, 0.25) is 0 Å². The Bertz CT molecular complexity index is 1060. The second-order valence-electron chi connectivity index (χ2n) is 5.10. The molecule has 4 nitrogen and oxygen atoms in total. The number of rotatable bonds is 5. The fraction of sp³-hybridized carbons (Fsp3) is 0. The lowest BCUT2D eigenvalue weighted by Crippen LogP contribution is -2.14. The van der Waals surface area contributed by atoms with E-state index < -0.39 is 33.2 Å². The van der Waals surface area contributed by atoms with Crippen LogP contribution >= 0.6 is 33.9 Å². The molecule has 0 saturated heterocycles. The minimum absolute atomic E-state index is 0.0152. The van der Waals surface area contributed by atoms with E-state index >= 15 is 0 Å². The zero-order valence-electron chi connectivity index (χ0n) is 12.8. The van der Waals surface area contributed by atoms with Crippen LogP contribution in [0.4, 0.5) is 30.2 Å². The molecule has 1 heterocycles. The Hall–Kier alpha value is -1.79. The summed E-state index contributed by atoms with van der Waals surface area (Å²) in [7, 11) is -3.99. The summed E-state index contributed by atoms with van der Waals surface area (Å²) >= 11 is 3.08. The molecule has 0 unspecified atom stereocenters. The second kappa shape index (κ2) is 7.45. The Morgan fingerprint density at radius 2 is 1.69 bits per heavy atom. The van der Waals surface area contributed by atoms with Crippen molar-refractivity contribution in [1.29, 1.82) is 0 Å². The smallest absolute Gasteiger partial charge is 0.262 e. The van der Waals surface area contributed by atoms with Crippen LogP contribution in [0.1, 0.15) is 0 Å². The maximum Gasteiger partial charge on any atom is 0.262 e. The lowest BCUT2D eigenvalue weighted by Gasteiger charge is -2.15. The van der Waals surface area contributed by atoms with Gasteiger partial charge in [-0.1, -0.05) is 0 Å². The van der Waals surface area contributed by atoms with E-state index in [2.05, 4.69) is 10.0 Å². The minimum atomic E-state index is -3.99. The van der Waals surface area contributed by atoms with Gasteiger partial charge in [-0.3, -0.25) is 4.72 Å². The van der Waals surface area contributed by atoms with Gasteiger partial charge >= 0.3 is 0 Å². The van der Waals surface area contributed by atoms with Crippen LogP contribution in [-0.4, -0.2) is 8.42 Å². The molecule has 136 valence electrons. The monoisotopic (exact) mass is 510 g/mol. The highest BCUT2D eigenvalue weighted by molar-refractivity contribution is 14.1. The zero-order chi connectivity index (χ0) is 18.9. The molecule has 26 heavy (non-hydrogen) atoms. The zero-order valence-corrected chi connectivity index (χ0v) is 16.6. The summed E-state index contributed by atoms with van der Waals surface area (Å²) in [6.45, 7) is 0. The van der Waals surface area contributed by atoms with E-state index in [1.165, 1.54) is 34.9 Å². The summed E-state index contributed by atoms with van der Waals surface area (Å²) < 4.78 is 69.5. The summed E-state index contributed by atoms with van der Waals surface area (Å²) in [6.07, 6.45) is 0. The van der Waals surface area contributed by atoms with Gasteiger partial charge < -0.3 is 5.32 Å². The van der Waals surface area contributed by atoms with Crippen molar-refractivity contribution in [1.82, 2.24) is 0 Å². The fourth-order valence-corrected chi connectivity index (χ4v) is 4.65. The normalized spacial score (nSPS) is 11.4. The third-order valence-corrected chi connectivity index (χ3v) is 6.20. The number of halogens is 4. The van der Waals surface area contributed by atoms with Gasteiger partial charge in [0.25, 0.3) is 10.0 Å². The SMILES string of the molecule is O=S(=O)(Nc1ccc(F)c(F)c1Nc1ccc(I)cc1F)c1ccsc1. The van der Waals surface area contributed by atoms with E-state index in [4.69, 9.17) is 0 Å².